The Hall–Kier alpha value is -1.05. The van der Waals surface area contributed by atoms with Gasteiger partial charge in [0, 0.05) is 13.0 Å². The van der Waals surface area contributed by atoms with Gasteiger partial charge in [0.05, 0.1) is 6.61 Å². The first kappa shape index (κ1) is 22.9. The molecule has 3 heteroatoms. The van der Waals surface area contributed by atoms with Crippen LogP contribution in [0.4, 0.5) is 0 Å². The first-order chi connectivity index (χ1) is 11.8. The molecular weight excluding hydrogens is 300 g/mol. The van der Waals surface area contributed by atoms with Gasteiger partial charge in [-0.05, 0) is 31.4 Å². The van der Waals surface area contributed by atoms with E-state index in [0.29, 0.717) is 6.42 Å². The summed E-state index contributed by atoms with van der Waals surface area (Å²) >= 11 is 0. The highest BCUT2D eigenvalue weighted by molar-refractivity contribution is 5.66. The van der Waals surface area contributed by atoms with Crippen LogP contribution in [0.2, 0.25) is 0 Å². The lowest BCUT2D eigenvalue weighted by molar-refractivity contribution is -0.136. The summed E-state index contributed by atoms with van der Waals surface area (Å²) in [6, 6.07) is 0. The quantitative estimate of drug-likeness (QED) is 0.236. The van der Waals surface area contributed by atoms with Gasteiger partial charge in [0.25, 0.3) is 0 Å². The highest BCUT2D eigenvalue weighted by Crippen LogP contribution is 2.11. The Morgan fingerprint density at radius 3 is 1.96 bits per heavy atom. The van der Waals surface area contributed by atoms with E-state index in [1.54, 1.807) is 6.08 Å². The standard InChI is InChI=1S/C21H38O3/c1-2-3-4-5-6-7-8-9-10-13-16-19-24-20-17-14-11-12-15-18-21(22)23/h12,14H,2-10,13,15-20H2,1H3,(H,22,23). The van der Waals surface area contributed by atoms with E-state index in [9.17, 15) is 4.79 Å². The lowest BCUT2D eigenvalue weighted by Gasteiger charge is -2.03. The van der Waals surface area contributed by atoms with Crippen molar-refractivity contribution < 1.29 is 14.6 Å². The molecule has 0 aliphatic rings. The van der Waals surface area contributed by atoms with Crippen LogP contribution in [-0.2, 0) is 9.53 Å². The zero-order chi connectivity index (χ0) is 17.7. The maximum Gasteiger partial charge on any atom is 0.303 e. The van der Waals surface area contributed by atoms with Gasteiger partial charge in [-0.1, -0.05) is 71.1 Å². The summed E-state index contributed by atoms with van der Waals surface area (Å²) in [6.45, 7) is 3.85. The van der Waals surface area contributed by atoms with Crippen LogP contribution in [0.25, 0.3) is 0 Å². The van der Waals surface area contributed by atoms with Gasteiger partial charge < -0.3 is 9.84 Å². The molecule has 0 atom stereocenters. The molecule has 3 nitrogen and oxygen atoms in total. The number of carboxylic acid groups (broad SMARTS) is 1. The fourth-order valence-electron chi connectivity index (χ4n) is 2.56. The number of carboxylic acids is 1. The number of ether oxygens (including phenoxy) is 1. The fourth-order valence-corrected chi connectivity index (χ4v) is 2.56. The molecule has 0 spiro atoms. The highest BCUT2D eigenvalue weighted by Gasteiger charge is 1.93. The summed E-state index contributed by atoms with van der Waals surface area (Å²) in [5, 5.41) is 8.48. The number of hydrogen-bond donors (Lipinski definition) is 1. The second-order valence-corrected chi connectivity index (χ2v) is 6.44. The third-order valence-electron chi connectivity index (χ3n) is 4.04. The summed E-state index contributed by atoms with van der Waals surface area (Å²) in [7, 11) is 0. The minimum absolute atomic E-state index is 0.177. The lowest BCUT2D eigenvalue weighted by atomic mass is 10.1. The molecule has 0 saturated carbocycles. The van der Waals surface area contributed by atoms with Crippen molar-refractivity contribution in [3.8, 4) is 0 Å². The number of rotatable bonds is 18. The van der Waals surface area contributed by atoms with Crippen LogP contribution >= 0.6 is 0 Å². The average Bonchev–Trinajstić information content (AvgIpc) is 2.56. The van der Waals surface area contributed by atoms with Crippen LogP contribution in [0, 0.1) is 0 Å². The van der Waals surface area contributed by atoms with Crippen molar-refractivity contribution >= 4 is 5.97 Å². The molecule has 140 valence electrons. The van der Waals surface area contributed by atoms with Crippen LogP contribution in [-0.4, -0.2) is 24.3 Å². The Morgan fingerprint density at radius 2 is 1.38 bits per heavy atom. The van der Waals surface area contributed by atoms with Gasteiger partial charge in [0.2, 0.25) is 0 Å². The molecule has 24 heavy (non-hydrogen) atoms. The van der Waals surface area contributed by atoms with Gasteiger partial charge in [-0.15, -0.1) is 5.73 Å². The van der Waals surface area contributed by atoms with Gasteiger partial charge in [-0.2, -0.15) is 0 Å². The molecule has 0 unspecified atom stereocenters. The molecule has 0 saturated heterocycles. The Balaban J connectivity index is 3.12. The third-order valence-corrected chi connectivity index (χ3v) is 4.04. The molecule has 0 aliphatic heterocycles. The molecule has 0 heterocycles. The topological polar surface area (TPSA) is 46.5 Å². The third kappa shape index (κ3) is 20.9. The smallest absolute Gasteiger partial charge is 0.303 e. The normalized spacial score (nSPS) is 10.4. The molecular formula is C21H38O3. The zero-order valence-electron chi connectivity index (χ0n) is 15.7. The first-order valence-electron chi connectivity index (χ1n) is 9.96. The van der Waals surface area contributed by atoms with Crippen LogP contribution in [0.15, 0.2) is 17.9 Å². The summed E-state index contributed by atoms with van der Waals surface area (Å²) in [5.74, 6) is -0.761. The first-order valence-corrected chi connectivity index (χ1v) is 9.96. The van der Waals surface area contributed by atoms with Crippen molar-refractivity contribution in [3.05, 3.63) is 17.9 Å². The minimum Gasteiger partial charge on any atom is -0.481 e. The van der Waals surface area contributed by atoms with Crippen molar-refractivity contribution in [1.29, 1.82) is 0 Å². The zero-order valence-corrected chi connectivity index (χ0v) is 15.7. The second kappa shape index (κ2) is 20.0. The summed E-state index contributed by atoms with van der Waals surface area (Å²) in [6.07, 6.45) is 20.2. The maximum atomic E-state index is 10.3. The molecule has 0 fully saturated rings. The monoisotopic (exact) mass is 338 g/mol. The van der Waals surface area contributed by atoms with E-state index in [-0.39, 0.29) is 6.42 Å². The van der Waals surface area contributed by atoms with Gasteiger partial charge >= 0.3 is 5.97 Å². The summed E-state index contributed by atoms with van der Waals surface area (Å²) in [5.41, 5.74) is 2.99. The van der Waals surface area contributed by atoms with E-state index in [1.165, 1.54) is 64.2 Å². The van der Waals surface area contributed by atoms with E-state index >= 15 is 0 Å². The molecule has 0 aliphatic carbocycles. The number of carbonyl (C=O) groups is 1. The van der Waals surface area contributed by atoms with Gasteiger partial charge in [-0.25, -0.2) is 0 Å². The van der Waals surface area contributed by atoms with Crippen molar-refractivity contribution in [3.63, 3.8) is 0 Å². The summed E-state index contributed by atoms with van der Waals surface area (Å²) < 4.78 is 5.58. The fraction of sp³-hybridized carbons (Fsp3) is 0.810. The Labute approximate surface area is 149 Å². The van der Waals surface area contributed by atoms with Crippen LogP contribution in [0.1, 0.15) is 96.8 Å². The van der Waals surface area contributed by atoms with E-state index in [1.807, 2.05) is 6.08 Å². The molecule has 0 amide bonds. The second-order valence-electron chi connectivity index (χ2n) is 6.44. The van der Waals surface area contributed by atoms with Crippen molar-refractivity contribution in [1.82, 2.24) is 0 Å². The number of hydrogen-bond acceptors (Lipinski definition) is 2. The number of unbranched alkanes of at least 4 members (excludes halogenated alkanes) is 10. The van der Waals surface area contributed by atoms with Gasteiger partial charge in [0.15, 0.2) is 0 Å². The highest BCUT2D eigenvalue weighted by atomic mass is 16.5. The van der Waals surface area contributed by atoms with Gasteiger partial charge in [-0.3, -0.25) is 4.79 Å². The predicted octanol–water partition coefficient (Wildman–Crippen LogP) is 6.28. The molecule has 0 aromatic rings. The van der Waals surface area contributed by atoms with Crippen molar-refractivity contribution in [2.24, 2.45) is 0 Å². The molecule has 0 radical (unpaired) electrons. The number of aliphatic carboxylic acids is 1. The van der Waals surface area contributed by atoms with E-state index in [0.717, 1.165) is 26.1 Å². The summed E-state index contributed by atoms with van der Waals surface area (Å²) in [4.78, 5) is 10.3. The minimum atomic E-state index is -0.761. The maximum absolute atomic E-state index is 10.3. The molecule has 0 aromatic heterocycles. The average molecular weight is 339 g/mol. The van der Waals surface area contributed by atoms with Crippen LogP contribution in [0.5, 0.6) is 0 Å². The SMILES string of the molecule is CCCCCCCCCCCCCOCCC=C=CCCC(=O)O. The molecule has 0 bridgehead atoms. The molecule has 0 aromatic carbocycles. The van der Waals surface area contributed by atoms with E-state index in [4.69, 9.17) is 9.84 Å². The van der Waals surface area contributed by atoms with E-state index in [2.05, 4.69) is 12.7 Å². The largest absolute Gasteiger partial charge is 0.481 e. The van der Waals surface area contributed by atoms with Crippen molar-refractivity contribution in [2.45, 2.75) is 96.8 Å². The van der Waals surface area contributed by atoms with Crippen molar-refractivity contribution in [2.75, 3.05) is 13.2 Å². The van der Waals surface area contributed by atoms with Gasteiger partial charge in [0.1, 0.15) is 0 Å². The van der Waals surface area contributed by atoms with Crippen LogP contribution < -0.4 is 0 Å². The van der Waals surface area contributed by atoms with Crippen LogP contribution in [0.3, 0.4) is 0 Å². The predicted molar refractivity (Wildman–Crippen MR) is 101 cm³/mol. The Kier molecular flexibility index (Phi) is 19.1. The molecule has 1 N–H and O–H groups in total. The Morgan fingerprint density at radius 1 is 0.833 bits per heavy atom. The molecule has 0 rings (SSSR count). The Bertz CT molecular complexity index is 330. The lowest BCUT2D eigenvalue weighted by Crippen LogP contribution is -1.95. The van der Waals surface area contributed by atoms with E-state index < -0.39 is 5.97 Å².